The van der Waals surface area contributed by atoms with Gasteiger partial charge < -0.3 is 14.3 Å². The van der Waals surface area contributed by atoms with Crippen LogP contribution < -0.4 is 5.32 Å². The highest BCUT2D eigenvalue weighted by molar-refractivity contribution is 5.92. The molecular weight excluding hydrogens is 418 g/mol. The van der Waals surface area contributed by atoms with Gasteiger partial charge in [0.15, 0.2) is 0 Å². The summed E-state index contributed by atoms with van der Waals surface area (Å²) in [6.45, 7) is 10.9. The van der Waals surface area contributed by atoms with Gasteiger partial charge in [0.25, 0.3) is 0 Å². The van der Waals surface area contributed by atoms with Gasteiger partial charge in [0.2, 0.25) is 12.3 Å². The van der Waals surface area contributed by atoms with E-state index in [0.717, 1.165) is 42.8 Å². The molecule has 9 heteroatoms. The molecule has 0 bridgehead atoms. The fourth-order valence-corrected chi connectivity index (χ4v) is 3.83. The van der Waals surface area contributed by atoms with Crippen molar-refractivity contribution in [1.82, 2.24) is 25.2 Å². The topological polar surface area (TPSA) is 80.1 Å². The van der Waals surface area contributed by atoms with Gasteiger partial charge in [0, 0.05) is 13.0 Å². The fraction of sp³-hybridized carbons (Fsp3) is 0.833. The van der Waals surface area contributed by atoms with Crippen molar-refractivity contribution >= 4 is 12.3 Å². The van der Waals surface area contributed by atoms with Crippen LogP contribution in [0.25, 0.3) is 0 Å². The molecule has 0 saturated carbocycles. The van der Waals surface area contributed by atoms with Crippen molar-refractivity contribution in [1.29, 1.82) is 0 Å². The Kier molecular flexibility index (Phi) is 11.6. The summed E-state index contributed by atoms with van der Waals surface area (Å²) in [5, 5.41) is 11.7. The lowest BCUT2D eigenvalue weighted by Crippen LogP contribution is -2.53. The summed E-state index contributed by atoms with van der Waals surface area (Å²) in [7, 11) is 10.6. The van der Waals surface area contributed by atoms with E-state index in [1.807, 2.05) is 10.9 Å². The number of carbonyl (C=O) groups is 2. The van der Waals surface area contributed by atoms with Crippen molar-refractivity contribution in [3.8, 4) is 0 Å². The first-order chi connectivity index (χ1) is 15.4. The van der Waals surface area contributed by atoms with E-state index >= 15 is 0 Å². The third kappa shape index (κ3) is 10.8. The standard InChI is InChI=1S/C24H49N7O2/c1-9-10-11-12-16-30(5,6)18-15-29-19-22(26-27-29)20-31(7,8)17-13-14-28(21-32)23(33)24(2,3)25-4/h19,21,25H,9-18,20H2,1-8H3/q+2. The zero-order valence-electron chi connectivity index (χ0n) is 22.4. The summed E-state index contributed by atoms with van der Waals surface area (Å²) < 4.78 is 3.67. The van der Waals surface area contributed by atoms with E-state index in [1.165, 1.54) is 37.1 Å². The summed E-state index contributed by atoms with van der Waals surface area (Å²) in [6.07, 6.45) is 8.59. The van der Waals surface area contributed by atoms with Gasteiger partial charge in [-0.25, -0.2) is 4.68 Å². The number of nitrogens with one attached hydrogen (secondary N) is 1. The maximum atomic E-state index is 12.5. The van der Waals surface area contributed by atoms with Crippen LogP contribution in [-0.4, -0.2) is 108 Å². The molecule has 0 fully saturated rings. The molecule has 0 aliphatic carbocycles. The van der Waals surface area contributed by atoms with E-state index in [9.17, 15) is 9.59 Å². The van der Waals surface area contributed by atoms with E-state index < -0.39 is 5.54 Å². The molecule has 0 aliphatic heterocycles. The van der Waals surface area contributed by atoms with Crippen LogP contribution in [0.4, 0.5) is 0 Å². The van der Waals surface area contributed by atoms with Crippen LogP contribution in [0.5, 0.6) is 0 Å². The quantitative estimate of drug-likeness (QED) is 0.215. The molecule has 190 valence electrons. The molecule has 0 saturated heterocycles. The van der Waals surface area contributed by atoms with Crippen LogP contribution in [0.2, 0.25) is 0 Å². The molecule has 1 aromatic heterocycles. The first-order valence-corrected chi connectivity index (χ1v) is 12.3. The summed E-state index contributed by atoms with van der Waals surface area (Å²) in [5.41, 5.74) is 0.208. The van der Waals surface area contributed by atoms with Crippen LogP contribution in [-0.2, 0) is 22.7 Å². The van der Waals surface area contributed by atoms with Crippen LogP contribution >= 0.6 is 0 Å². The van der Waals surface area contributed by atoms with Gasteiger partial charge >= 0.3 is 0 Å². The molecule has 1 heterocycles. The van der Waals surface area contributed by atoms with Crippen LogP contribution in [0.15, 0.2) is 6.20 Å². The highest BCUT2D eigenvalue weighted by Crippen LogP contribution is 2.11. The Morgan fingerprint density at radius 3 is 2.36 bits per heavy atom. The van der Waals surface area contributed by atoms with Gasteiger partial charge in [-0.3, -0.25) is 14.5 Å². The molecule has 1 rings (SSSR count). The van der Waals surface area contributed by atoms with Gasteiger partial charge in [0.05, 0.1) is 66.1 Å². The minimum atomic E-state index is -0.757. The smallest absolute Gasteiger partial charge is 0.248 e. The van der Waals surface area contributed by atoms with Crippen molar-refractivity contribution in [3.63, 3.8) is 0 Å². The second-order valence-corrected chi connectivity index (χ2v) is 11.1. The number of rotatable bonds is 17. The number of carbonyl (C=O) groups excluding carboxylic acids is 2. The fourth-order valence-electron chi connectivity index (χ4n) is 3.83. The number of unbranched alkanes of at least 4 members (excludes halogenated alkanes) is 3. The molecule has 0 spiro atoms. The molecule has 0 aromatic carbocycles. The molecule has 0 aliphatic rings. The van der Waals surface area contributed by atoms with Gasteiger partial charge in [-0.1, -0.05) is 25.0 Å². The van der Waals surface area contributed by atoms with Crippen LogP contribution in [0.3, 0.4) is 0 Å². The molecular formula is C24H49N7O2+2. The highest BCUT2D eigenvalue weighted by Gasteiger charge is 2.30. The van der Waals surface area contributed by atoms with Crippen molar-refractivity contribution in [2.24, 2.45) is 0 Å². The van der Waals surface area contributed by atoms with E-state index in [-0.39, 0.29) is 5.91 Å². The van der Waals surface area contributed by atoms with Crippen molar-refractivity contribution in [3.05, 3.63) is 11.9 Å². The molecule has 1 aromatic rings. The monoisotopic (exact) mass is 467 g/mol. The van der Waals surface area contributed by atoms with Gasteiger partial charge in [-0.05, 0) is 33.7 Å². The maximum Gasteiger partial charge on any atom is 0.248 e. The number of quaternary nitrogens is 2. The zero-order chi connectivity index (χ0) is 25.1. The Balaban J connectivity index is 2.50. The lowest BCUT2D eigenvalue weighted by molar-refractivity contribution is -0.904. The Bertz CT molecular complexity index is 728. The van der Waals surface area contributed by atoms with Crippen LogP contribution in [0.1, 0.15) is 58.6 Å². The largest absolute Gasteiger partial charge is 0.327 e. The van der Waals surface area contributed by atoms with E-state index in [4.69, 9.17) is 0 Å². The van der Waals surface area contributed by atoms with Crippen molar-refractivity contribution < 1.29 is 18.6 Å². The first kappa shape index (κ1) is 29.2. The summed E-state index contributed by atoms with van der Waals surface area (Å²) in [4.78, 5) is 25.2. The summed E-state index contributed by atoms with van der Waals surface area (Å²) in [5.74, 6) is -0.208. The number of hydrogen-bond donors (Lipinski definition) is 1. The first-order valence-electron chi connectivity index (χ1n) is 12.3. The van der Waals surface area contributed by atoms with Gasteiger partial charge in [-0.2, -0.15) is 0 Å². The van der Waals surface area contributed by atoms with E-state index in [1.54, 1.807) is 20.9 Å². The number of aromatic nitrogens is 3. The molecule has 0 unspecified atom stereocenters. The summed E-state index contributed by atoms with van der Waals surface area (Å²) >= 11 is 0. The number of nitrogens with zero attached hydrogens (tertiary/aromatic N) is 6. The minimum absolute atomic E-state index is 0.208. The lowest BCUT2D eigenvalue weighted by atomic mass is 10.0. The number of amides is 2. The maximum absolute atomic E-state index is 12.5. The second kappa shape index (κ2) is 13.2. The zero-order valence-corrected chi connectivity index (χ0v) is 22.4. The minimum Gasteiger partial charge on any atom is -0.327 e. The predicted octanol–water partition coefficient (Wildman–Crippen LogP) is 1.88. The molecule has 0 radical (unpaired) electrons. The molecule has 0 atom stereocenters. The average Bonchev–Trinajstić information content (AvgIpc) is 3.19. The Morgan fingerprint density at radius 2 is 1.76 bits per heavy atom. The third-order valence-electron chi connectivity index (χ3n) is 6.44. The number of imide groups is 1. The average molecular weight is 468 g/mol. The third-order valence-corrected chi connectivity index (χ3v) is 6.44. The van der Waals surface area contributed by atoms with E-state index in [2.05, 4.69) is 50.7 Å². The van der Waals surface area contributed by atoms with E-state index in [0.29, 0.717) is 17.4 Å². The van der Waals surface area contributed by atoms with Crippen molar-refractivity contribution in [2.45, 2.75) is 71.5 Å². The Hall–Kier alpha value is -1.84. The van der Waals surface area contributed by atoms with Crippen molar-refractivity contribution in [2.75, 3.05) is 61.4 Å². The Morgan fingerprint density at radius 1 is 1.09 bits per heavy atom. The van der Waals surface area contributed by atoms with Gasteiger partial charge in [0.1, 0.15) is 12.2 Å². The van der Waals surface area contributed by atoms with Gasteiger partial charge in [-0.15, -0.1) is 5.10 Å². The Labute approximate surface area is 201 Å². The molecule has 1 N–H and O–H groups in total. The normalized spacial score (nSPS) is 12.7. The highest BCUT2D eigenvalue weighted by atomic mass is 16.2. The molecule has 9 nitrogen and oxygen atoms in total. The SMILES string of the molecule is CCCCCC[N+](C)(C)CCn1cc(C[N+](C)(C)CCCN(C=O)C(=O)C(C)(C)NC)nn1. The summed E-state index contributed by atoms with van der Waals surface area (Å²) in [6, 6.07) is 0. The molecule has 33 heavy (non-hydrogen) atoms. The predicted molar refractivity (Wildman–Crippen MR) is 132 cm³/mol. The lowest BCUT2D eigenvalue weighted by Gasteiger charge is -2.31. The van der Waals surface area contributed by atoms with Crippen LogP contribution in [0, 0.1) is 0 Å². The second-order valence-electron chi connectivity index (χ2n) is 11.1. The number of likely N-dealkylation sites (N-methyl/N-ethyl adjacent to an activating group) is 2. The number of hydrogen-bond acceptors (Lipinski definition) is 5. The molecule has 2 amide bonds.